The second-order valence-corrected chi connectivity index (χ2v) is 6.42. The van der Waals surface area contributed by atoms with Crippen molar-refractivity contribution in [3.63, 3.8) is 0 Å². The number of carbonyl (C=O) groups is 2. The lowest BCUT2D eigenvalue weighted by atomic mass is 10.1. The molecule has 26 heavy (non-hydrogen) atoms. The first-order valence-electron chi connectivity index (χ1n) is 8.73. The lowest BCUT2D eigenvalue weighted by Gasteiger charge is -2.23. The van der Waals surface area contributed by atoms with Crippen molar-refractivity contribution >= 4 is 17.7 Å². The molecule has 2 heterocycles. The molecule has 1 aliphatic rings. The maximum atomic E-state index is 12.9. The third-order valence-corrected chi connectivity index (χ3v) is 4.56. The molecular formula is C20H23N3O3. The van der Waals surface area contributed by atoms with Crippen LogP contribution in [0.5, 0.6) is 0 Å². The number of methoxy groups -OCH3 is 1. The molecule has 0 radical (unpaired) electrons. The normalized spacial score (nSPS) is 13.5. The maximum absolute atomic E-state index is 12.9. The number of ether oxygens (including phenoxy) is 1. The van der Waals surface area contributed by atoms with Crippen molar-refractivity contribution < 1.29 is 14.3 Å². The summed E-state index contributed by atoms with van der Waals surface area (Å²) in [6.45, 7) is 2.33. The minimum Gasteiger partial charge on any atom is -0.465 e. The number of benzene rings is 1. The third-order valence-electron chi connectivity index (χ3n) is 4.56. The lowest BCUT2D eigenvalue weighted by Crippen LogP contribution is -2.29. The van der Waals surface area contributed by atoms with Crippen LogP contribution in [-0.2, 0) is 11.3 Å². The molecule has 0 saturated carbocycles. The number of hydrogen-bond acceptors (Lipinski definition) is 5. The van der Waals surface area contributed by atoms with E-state index in [4.69, 9.17) is 4.74 Å². The molecule has 1 saturated heterocycles. The molecule has 3 rings (SSSR count). The van der Waals surface area contributed by atoms with Crippen LogP contribution >= 0.6 is 0 Å². The van der Waals surface area contributed by atoms with Gasteiger partial charge in [-0.05, 0) is 42.7 Å². The number of carbonyl (C=O) groups excluding carboxylic acids is 2. The summed E-state index contributed by atoms with van der Waals surface area (Å²) < 4.78 is 4.70. The van der Waals surface area contributed by atoms with Gasteiger partial charge in [0.1, 0.15) is 5.82 Å². The quantitative estimate of drug-likeness (QED) is 0.774. The highest BCUT2D eigenvalue weighted by Gasteiger charge is 2.22. The zero-order valence-corrected chi connectivity index (χ0v) is 15.1. The highest BCUT2D eigenvalue weighted by Crippen LogP contribution is 2.23. The number of anilines is 1. The van der Waals surface area contributed by atoms with E-state index in [9.17, 15) is 9.59 Å². The molecule has 0 N–H and O–H groups in total. The SMILES string of the molecule is COC(=O)c1ccc(CN(C)C(=O)c2cccnc2N2CCCC2)cc1. The summed E-state index contributed by atoms with van der Waals surface area (Å²) in [6.07, 6.45) is 4.00. The Kier molecular flexibility index (Phi) is 5.51. The Morgan fingerprint density at radius 1 is 1.15 bits per heavy atom. The molecule has 1 aliphatic heterocycles. The molecule has 1 aromatic carbocycles. The van der Waals surface area contributed by atoms with Crippen molar-refractivity contribution in [2.75, 3.05) is 32.1 Å². The monoisotopic (exact) mass is 353 g/mol. The van der Waals surface area contributed by atoms with Gasteiger partial charge in [0, 0.05) is 32.9 Å². The van der Waals surface area contributed by atoms with Crippen LogP contribution in [0, 0.1) is 0 Å². The van der Waals surface area contributed by atoms with Gasteiger partial charge in [-0.2, -0.15) is 0 Å². The maximum Gasteiger partial charge on any atom is 0.337 e. The van der Waals surface area contributed by atoms with Gasteiger partial charge in [0.2, 0.25) is 0 Å². The third kappa shape index (κ3) is 3.85. The fraction of sp³-hybridized carbons (Fsp3) is 0.350. The first-order chi connectivity index (χ1) is 12.6. The topological polar surface area (TPSA) is 62.7 Å². The number of amides is 1. The Hall–Kier alpha value is -2.89. The number of nitrogens with zero attached hydrogens (tertiary/aromatic N) is 3. The molecular weight excluding hydrogens is 330 g/mol. The second kappa shape index (κ2) is 7.99. The lowest BCUT2D eigenvalue weighted by molar-refractivity contribution is 0.0600. The zero-order chi connectivity index (χ0) is 18.5. The summed E-state index contributed by atoms with van der Waals surface area (Å²) in [5.74, 6) is 0.339. The van der Waals surface area contributed by atoms with E-state index in [1.165, 1.54) is 7.11 Å². The van der Waals surface area contributed by atoms with Crippen LogP contribution < -0.4 is 4.90 Å². The van der Waals surface area contributed by atoms with Crippen molar-refractivity contribution in [3.8, 4) is 0 Å². The van der Waals surface area contributed by atoms with Gasteiger partial charge >= 0.3 is 5.97 Å². The van der Waals surface area contributed by atoms with E-state index in [1.807, 2.05) is 18.2 Å². The summed E-state index contributed by atoms with van der Waals surface area (Å²) in [6, 6.07) is 10.7. The van der Waals surface area contributed by atoms with E-state index in [1.54, 1.807) is 36.3 Å². The van der Waals surface area contributed by atoms with Crippen LogP contribution in [0.25, 0.3) is 0 Å². The Morgan fingerprint density at radius 3 is 2.50 bits per heavy atom. The van der Waals surface area contributed by atoms with Crippen molar-refractivity contribution in [1.29, 1.82) is 0 Å². The minimum absolute atomic E-state index is 0.0583. The van der Waals surface area contributed by atoms with E-state index in [-0.39, 0.29) is 11.9 Å². The van der Waals surface area contributed by atoms with Gasteiger partial charge in [0.05, 0.1) is 18.2 Å². The summed E-state index contributed by atoms with van der Waals surface area (Å²) in [5, 5.41) is 0. The van der Waals surface area contributed by atoms with Crippen LogP contribution in [0.3, 0.4) is 0 Å². The van der Waals surface area contributed by atoms with Gasteiger partial charge in [-0.25, -0.2) is 9.78 Å². The molecule has 0 spiro atoms. The largest absolute Gasteiger partial charge is 0.465 e. The number of aromatic nitrogens is 1. The summed E-state index contributed by atoms with van der Waals surface area (Å²) in [5.41, 5.74) is 2.07. The molecule has 2 aromatic rings. The molecule has 1 amide bonds. The van der Waals surface area contributed by atoms with E-state index in [0.29, 0.717) is 17.7 Å². The van der Waals surface area contributed by atoms with E-state index in [2.05, 4.69) is 9.88 Å². The van der Waals surface area contributed by atoms with E-state index in [0.717, 1.165) is 37.3 Å². The average molecular weight is 353 g/mol. The van der Waals surface area contributed by atoms with Gasteiger partial charge in [-0.3, -0.25) is 4.79 Å². The zero-order valence-electron chi connectivity index (χ0n) is 15.1. The minimum atomic E-state index is -0.369. The second-order valence-electron chi connectivity index (χ2n) is 6.42. The van der Waals surface area contributed by atoms with E-state index >= 15 is 0 Å². The standard InChI is InChI=1S/C20H23N3O3/c1-22(14-15-7-9-16(10-8-15)20(25)26-2)19(24)17-6-5-11-21-18(17)23-12-3-4-13-23/h5-11H,3-4,12-14H2,1-2H3. The number of hydrogen-bond donors (Lipinski definition) is 0. The van der Waals surface area contributed by atoms with Gasteiger partial charge in [-0.15, -0.1) is 0 Å². The Balaban J connectivity index is 1.73. The molecule has 0 unspecified atom stereocenters. The van der Waals surface area contributed by atoms with Crippen LogP contribution in [-0.4, -0.2) is 49.0 Å². The fourth-order valence-electron chi connectivity index (χ4n) is 3.16. The predicted octanol–water partition coefficient (Wildman–Crippen LogP) is 2.74. The number of esters is 1. The van der Waals surface area contributed by atoms with Gasteiger partial charge in [-0.1, -0.05) is 12.1 Å². The highest BCUT2D eigenvalue weighted by molar-refractivity contribution is 5.98. The van der Waals surface area contributed by atoms with Crippen LogP contribution in [0.15, 0.2) is 42.6 Å². The number of rotatable bonds is 5. The molecule has 1 fully saturated rings. The van der Waals surface area contributed by atoms with Crippen LogP contribution in [0.4, 0.5) is 5.82 Å². The Bertz CT molecular complexity index is 783. The van der Waals surface area contributed by atoms with Crippen LogP contribution in [0.2, 0.25) is 0 Å². The predicted molar refractivity (Wildman–Crippen MR) is 99.3 cm³/mol. The van der Waals surface area contributed by atoms with Gasteiger partial charge < -0.3 is 14.5 Å². The molecule has 1 aromatic heterocycles. The molecule has 0 aliphatic carbocycles. The van der Waals surface area contributed by atoms with Crippen LogP contribution in [0.1, 0.15) is 39.1 Å². The highest BCUT2D eigenvalue weighted by atomic mass is 16.5. The fourth-order valence-corrected chi connectivity index (χ4v) is 3.16. The molecule has 136 valence electrons. The summed E-state index contributed by atoms with van der Waals surface area (Å²) >= 11 is 0. The smallest absolute Gasteiger partial charge is 0.337 e. The average Bonchev–Trinajstić information content (AvgIpc) is 3.22. The molecule has 0 atom stereocenters. The van der Waals surface area contributed by atoms with Gasteiger partial charge in [0.15, 0.2) is 0 Å². The molecule has 6 heteroatoms. The summed E-state index contributed by atoms with van der Waals surface area (Å²) in [4.78, 5) is 32.7. The van der Waals surface area contributed by atoms with Crippen molar-refractivity contribution in [2.24, 2.45) is 0 Å². The van der Waals surface area contributed by atoms with E-state index < -0.39 is 0 Å². The molecule has 6 nitrogen and oxygen atoms in total. The number of pyridine rings is 1. The Morgan fingerprint density at radius 2 is 1.85 bits per heavy atom. The molecule has 0 bridgehead atoms. The van der Waals surface area contributed by atoms with Gasteiger partial charge in [0.25, 0.3) is 5.91 Å². The first-order valence-corrected chi connectivity index (χ1v) is 8.73. The van der Waals surface area contributed by atoms with Crippen molar-refractivity contribution in [3.05, 3.63) is 59.3 Å². The first kappa shape index (κ1) is 17.9. The summed E-state index contributed by atoms with van der Waals surface area (Å²) in [7, 11) is 3.13. The van der Waals surface area contributed by atoms with Crippen molar-refractivity contribution in [1.82, 2.24) is 9.88 Å². The van der Waals surface area contributed by atoms with Crippen molar-refractivity contribution in [2.45, 2.75) is 19.4 Å². The Labute approximate surface area is 153 Å².